The van der Waals surface area contributed by atoms with Gasteiger partial charge in [-0.25, -0.2) is 14.8 Å². The number of nitrogens with zero attached hydrogens (tertiary/aromatic N) is 3. The number of methoxy groups -OCH3 is 1. The van der Waals surface area contributed by atoms with Crippen LogP contribution in [0.2, 0.25) is 5.02 Å². The largest absolute Gasteiger partial charge is 0.467 e. The summed E-state index contributed by atoms with van der Waals surface area (Å²) in [6, 6.07) is 8.93. The quantitative estimate of drug-likeness (QED) is 0.519. The summed E-state index contributed by atoms with van der Waals surface area (Å²) < 4.78 is 4.92. The van der Waals surface area contributed by atoms with Crippen LogP contribution in [0.1, 0.15) is 11.1 Å². The monoisotopic (exact) mass is 416 g/mol. The molecule has 1 aromatic carbocycles. The molecule has 0 fully saturated rings. The minimum Gasteiger partial charge on any atom is -0.467 e. The lowest BCUT2D eigenvalue weighted by atomic mass is 9.94. The van der Waals surface area contributed by atoms with Crippen molar-refractivity contribution in [1.82, 2.24) is 19.9 Å². The summed E-state index contributed by atoms with van der Waals surface area (Å²) >= 11 is 7.20. The average Bonchev–Trinajstić information content (AvgIpc) is 3.12. The Bertz CT molecular complexity index is 1050. The molecule has 3 heterocycles. The molecule has 28 heavy (non-hydrogen) atoms. The van der Waals surface area contributed by atoms with E-state index in [9.17, 15) is 9.59 Å². The molecule has 0 unspecified atom stereocenters. The molecule has 0 radical (unpaired) electrons. The van der Waals surface area contributed by atoms with E-state index in [-0.39, 0.29) is 11.7 Å². The Morgan fingerprint density at radius 1 is 1.36 bits per heavy atom. The molecule has 3 aromatic rings. The Morgan fingerprint density at radius 2 is 2.14 bits per heavy atom. The zero-order chi connectivity index (χ0) is 19.7. The Morgan fingerprint density at radius 3 is 2.93 bits per heavy atom. The maximum Gasteiger partial charge on any atom is 0.328 e. The second-order valence-electron chi connectivity index (χ2n) is 6.39. The number of imidazole rings is 1. The van der Waals surface area contributed by atoms with E-state index in [2.05, 4.69) is 15.0 Å². The van der Waals surface area contributed by atoms with Crippen molar-refractivity contribution in [1.29, 1.82) is 0 Å². The van der Waals surface area contributed by atoms with Crippen LogP contribution in [0.5, 0.6) is 0 Å². The first kappa shape index (κ1) is 18.8. The Kier molecular flexibility index (Phi) is 5.23. The van der Waals surface area contributed by atoms with Crippen molar-refractivity contribution in [3.63, 3.8) is 0 Å². The lowest BCUT2D eigenvalue weighted by Gasteiger charge is -2.35. The molecule has 0 saturated carbocycles. The number of aromatic amines is 1. The van der Waals surface area contributed by atoms with Crippen molar-refractivity contribution in [2.45, 2.75) is 24.2 Å². The van der Waals surface area contributed by atoms with Crippen molar-refractivity contribution in [3.8, 4) is 0 Å². The Balaban J connectivity index is 1.50. The number of carbonyl (C=O) groups excluding carboxylic acids is 2. The van der Waals surface area contributed by atoms with Crippen LogP contribution in [-0.2, 0) is 27.3 Å². The first-order valence-corrected chi connectivity index (χ1v) is 9.99. The number of hydrogen-bond donors (Lipinski definition) is 1. The molecule has 9 heteroatoms. The molecule has 1 aliphatic heterocycles. The smallest absolute Gasteiger partial charge is 0.328 e. The van der Waals surface area contributed by atoms with Gasteiger partial charge in [0.05, 0.1) is 23.4 Å². The minimum atomic E-state index is -0.621. The summed E-state index contributed by atoms with van der Waals surface area (Å²) in [7, 11) is 1.34. The first-order chi connectivity index (χ1) is 13.5. The maximum atomic E-state index is 12.9. The molecular weight excluding hydrogens is 400 g/mol. The van der Waals surface area contributed by atoms with Crippen LogP contribution in [0.15, 0.2) is 41.7 Å². The van der Waals surface area contributed by atoms with Crippen molar-refractivity contribution in [3.05, 3.63) is 52.7 Å². The number of amides is 1. The number of aromatic nitrogens is 3. The van der Waals surface area contributed by atoms with E-state index in [1.165, 1.54) is 25.1 Å². The third-order valence-corrected chi connectivity index (χ3v) is 5.72. The van der Waals surface area contributed by atoms with Gasteiger partial charge in [-0.05, 0) is 17.2 Å². The standard InChI is InChI=1S/C19H17ClN4O3S/c1-27-18(26)15-6-11-4-2-3-5-12(11)9-24(15)16(25)10-28-19-22-14-7-13(20)8-21-17(14)23-19/h2-5,7-8,15H,6,9-10H2,1H3,(H,21,22,23)/t15-/m1/s1. The second-order valence-corrected chi connectivity index (χ2v) is 7.79. The van der Waals surface area contributed by atoms with Crippen molar-refractivity contribution >= 4 is 46.4 Å². The van der Waals surface area contributed by atoms with Crippen LogP contribution >= 0.6 is 23.4 Å². The lowest BCUT2D eigenvalue weighted by Crippen LogP contribution is -2.49. The molecule has 0 bridgehead atoms. The molecular formula is C19H17ClN4O3S. The second kappa shape index (κ2) is 7.81. The molecule has 0 saturated heterocycles. The van der Waals surface area contributed by atoms with Gasteiger partial charge in [0.25, 0.3) is 0 Å². The van der Waals surface area contributed by atoms with Crippen molar-refractivity contribution in [2.24, 2.45) is 0 Å². The van der Waals surface area contributed by atoms with Gasteiger partial charge in [0.15, 0.2) is 10.8 Å². The van der Waals surface area contributed by atoms with Crippen LogP contribution in [0, 0.1) is 0 Å². The van der Waals surface area contributed by atoms with E-state index >= 15 is 0 Å². The Hall–Kier alpha value is -2.58. The van der Waals surface area contributed by atoms with Gasteiger partial charge in [-0.15, -0.1) is 0 Å². The third kappa shape index (κ3) is 3.70. The van der Waals surface area contributed by atoms with Crippen LogP contribution in [0.25, 0.3) is 11.2 Å². The molecule has 1 N–H and O–H groups in total. The van der Waals surface area contributed by atoms with Crippen LogP contribution in [-0.4, -0.2) is 50.6 Å². The topological polar surface area (TPSA) is 88.2 Å². The van der Waals surface area contributed by atoms with Gasteiger partial charge in [0.1, 0.15) is 6.04 Å². The van der Waals surface area contributed by atoms with E-state index in [1.54, 1.807) is 11.0 Å². The van der Waals surface area contributed by atoms with Crippen molar-refractivity contribution in [2.75, 3.05) is 12.9 Å². The highest BCUT2D eigenvalue weighted by Gasteiger charge is 2.35. The number of carbonyl (C=O) groups is 2. The number of halogens is 1. The number of thioether (sulfide) groups is 1. The number of fused-ring (bicyclic) bond motifs is 2. The maximum absolute atomic E-state index is 12.9. The Labute approximate surface area is 170 Å². The van der Waals surface area contributed by atoms with Crippen LogP contribution in [0.4, 0.5) is 0 Å². The van der Waals surface area contributed by atoms with Gasteiger partial charge in [-0.3, -0.25) is 4.79 Å². The number of pyridine rings is 1. The number of H-pyrrole nitrogens is 1. The number of ether oxygens (including phenoxy) is 1. The molecule has 4 rings (SSSR count). The summed E-state index contributed by atoms with van der Waals surface area (Å²) in [5.74, 6) is -0.416. The van der Waals surface area contributed by atoms with E-state index in [4.69, 9.17) is 16.3 Å². The molecule has 2 aromatic heterocycles. The summed E-state index contributed by atoms with van der Waals surface area (Å²) in [6.07, 6.45) is 1.97. The fraction of sp³-hybridized carbons (Fsp3) is 0.263. The molecule has 1 atom stereocenters. The van der Waals surface area contributed by atoms with E-state index in [1.807, 2.05) is 24.3 Å². The van der Waals surface area contributed by atoms with E-state index in [0.717, 1.165) is 11.1 Å². The predicted octanol–water partition coefficient (Wildman–Crippen LogP) is 2.83. The number of rotatable bonds is 4. The number of esters is 1. The first-order valence-electron chi connectivity index (χ1n) is 8.63. The SMILES string of the molecule is COC(=O)[C@H]1Cc2ccccc2CN1C(=O)CSc1nc2ncc(Cl)cc2[nH]1. The van der Waals surface area contributed by atoms with Gasteiger partial charge >= 0.3 is 5.97 Å². The highest BCUT2D eigenvalue weighted by atomic mass is 35.5. The molecule has 1 amide bonds. The zero-order valence-corrected chi connectivity index (χ0v) is 16.6. The molecule has 7 nitrogen and oxygen atoms in total. The summed E-state index contributed by atoms with van der Waals surface area (Å²) in [6.45, 7) is 0.382. The molecule has 0 aliphatic carbocycles. The fourth-order valence-corrected chi connectivity index (χ4v) is 4.18. The lowest BCUT2D eigenvalue weighted by molar-refractivity contribution is -0.153. The van der Waals surface area contributed by atoms with Gasteiger partial charge in [-0.2, -0.15) is 0 Å². The number of benzene rings is 1. The van der Waals surface area contributed by atoms with Gasteiger partial charge in [-0.1, -0.05) is 47.6 Å². The number of nitrogens with one attached hydrogen (secondary N) is 1. The number of hydrogen-bond acceptors (Lipinski definition) is 6. The summed E-state index contributed by atoms with van der Waals surface area (Å²) in [4.78, 5) is 38.3. The van der Waals surface area contributed by atoms with Crippen LogP contribution in [0.3, 0.4) is 0 Å². The van der Waals surface area contributed by atoms with E-state index < -0.39 is 12.0 Å². The van der Waals surface area contributed by atoms with Crippen LogP contribution < -0.4 is 0 Å². The third-order valence-electron chi connectivity index (χ3n) is 4.66. The molecule has 0 spiro atoms. The van der Waals surface area contributed by atoms with Crippen molar-refractivity contribution < 1.29 is 14.3 Å². The van der Waals surface area contributed by atoms with E-state index in [0.29, 0.717) is 34.3 Å². The highest BCUT2D eigenvalue weighted by Crippen LogP contribution is 2.26. The highest BCUT2D eigenvalue weighted by molar-refractivity contribution is 7.99. The van der Waals surface area contributed by atoms with Gasteiger partial charge in [0, 0.05) is 19.2 Å². The minimum absolute atomic E-state index is 0.142. The average molecular weight is 417 g/mol. The van der Waals surface area contributed by atoms with Gasteiger partial charge in [0.2, 0.25) is 5.91 Å². The predicted molar refractivity (Wildman–Crippen MR) is 106 cm³/mol. The molecule has 144 valence electrons. The van der Waals surface area contributed by atoms with Gasteiger partial charge < -0.3 is 14.6 Å². The summed E-state index contributed by atoms with van der Waals surface area (Å²) in [5.41, 5.74) is 3.36. The molecule has 1 aliphatic rings. The zero-order valence-electron chi connectivity index (χ0n) is 15.0. The summed E-state index contributed by atoms with van der Waals surface area (Å²) in [5, 5.41) is 1.09. The normalized spacial score (nSPS) is 16.1. The fourth-order valence-electron chi connectivity index (χ4n) is 3.27.